The monoisotopic (exact) mass is 439 g/mol. The van der Waals surface area contributed by atoms with Crippen LogP contribution in [-0.4, -0.2) is 57.3 Å². The molecule has 1 heterocycles. The van der Waals surface area contributed by atoms with Crippen molar-refractivity contribution >= 4 is 39.2 Å². The molecule has 1 saturated heterocycles. The van der Waals surface area contributed by atoms with E-state index in [1.54, 1.807) is 12.1 Å². The van der Waals surface area contributed by atoms with Crippen molar-refractivity contribution in [2.24, 2.45) is 4.99 Å². The number of nitrogens with zero attached hydrogens (tertiary/aromatic N) is 3. The van der Waals surface area contributed by atoms with Crippen LogP contribution in [0.25, 0.3) is 0 Å². The highest BCUT2D eigenvalue weighted by atomic mass is 35.5. The first-order valence-electron chi connectivity index (χ1n) is 8.57. The number of nitro benzene ring substituents is 1. The molecule has 1 aliphatic rings. The van der Waals surface area contributed by atoms with E-state index in [-0.39, 0.29) is 34.4 Å². The Morgan fingerprint density at radius 2 is 1.97 bits per heavy atom. The third kappa shape index (κ3) is 4.73. The van der Waals surface area contributed by atoms with Crippen molar-refractivity contribution in [3.05, 3.63) is 57.1 Å². The zero-order valence-electron chi connectivity index (χ0n) is 15.4. The SMILES string of the molecule is COc1ccc(N=Cc2ccc(Cl)c([N+](=O)[O-])c2)c(S(=O)(=O)N2CCOCC2)c1. The van der Waals surface area contributed by atoms with Crippen molar-refractivity contribution in [3.63, 3.8) is 0 Å². The summed E-state index contributed by atoms with van der Waals surface area (Å²) < 4.78 is 37.9. The molecule has 0 bridgehead atoms. The number of nitro groups is 1. The average Bonchev–Trinajstić information content (AvgIpc) is 2.73. The van der Waals surface area contributed by atoms with Gasteiger partial charge in [0, 0.05) is 31.4 Å². The molecule has 0 spiro atoms. The summed E-state index contributed by atoms with van der Waals surface area (Å²) in [7, 11) is -2.39. The Kier molecular flexibility index (Phi) is 6.48. The predicted molar refractivity (Wildman–Crippen MR) is 108 cm³/mol. The van der Waals surface area contributed by atoms with Crippen LogP contribution in [0.1, 0.15) is 5.56 Å². The molecule has 154 valence electrons. The van der Waals surface area contributed by atoms with Crippen LogP contribution in [0.4, 0.5) is 11.4 Å². The molecular weight excluding hydrogens is 422 g/mol. The fourth-order valence-electron chi connectivity index (χ4n) is 2.75. The van der Waals surface area contributed by atoms with E-state index >= 15 is 0 Å². The second-order valence-electron chi connectivity index (χ2n) is 6.08. The first-order valence-corrected chi connectivity index (χ1v) is 10.4. The molecule has 0 saturated carbocycles. The Hall–Kier alpha value is -2.53. The van der Waals surface area contributed by atoms with Crippen molar-refractivity contribution < 1.29 is 22.8 Å². The molecule has 2 aromatic rings. The lowest BCUT2D eigenvalue weighted by atomic mass is 10.2. The number of hydrogen-bond donors (Lipinski definition) is 0. The quantitative estimate of drug-likeness (QED) is 0.388. The van der Waals surface area contributed by atoms with Crippen molar-refractivity contribution in [2.45, 2.75) is 4.90 Å². The van der Waals surface area contributed by atoms with Gasteiger partial charge in [0.25, 0.3) is 5.69 Å². The minimum atomic E-state index is -3.83. The third-order valence-corrected chi connectivity index (χ3v) is 6.52. The van der Waals surface area contributed by atoms with Gasteiger partial charge in [-0.3, -0.25) is 15.1 Å². The van der Waals surface area contributed by atoms with Crippen molar-refractivity contribution in [3.8, 4) is 5.75 Å². The molecule has 29 heavy (non-hydrogen) atoms. The van der Waals surface area contributed by atoms with Gasteiger partial charge in [0.15, 0.2) is 0 Å². The summed E-state index contributed by atoms with van der Waals surface area (Å²) >= 11 is 5.82. The zero-order chi connectivity index (χ0) is 21.0. The average molecular weight is 440 g/mol. The smallest absolute Gasteiger partial charge is 0.288 e. The highest BCUT2D eigenvalue weighted by Gasteiger charge is 2.29. The number of hydrogen-bond acceptors (Lipinski definition) is 7. The van der Waals surface area contributed by atoms with Crippen molar-refractivity contribution in [1.29, 1.82) is 0 Å². The predicted octanol–water partition coefficient (Wildman–Crippen LogP) is 3.03. The summed E-state index contributed by atoms with van der Waals surface area (Å²) in [5.74, 6) is 0.373. The number of ether oxygens (including phenoxy) is 2. The van der Waals surface area contributed by atoms with Crippen molar-refractivity contribution in [2.75, 3.05) is 33.4 Å². The van der Waals surface area contributed by atoms with E-state index in [0.717, 1.165) is 0 Å². The molecule has 1 aliphatic heterocycles. The van der Waals surface area contributed by atoms with Crippen LogP contribution in [0.15, 0.2) is 46.3 Å². The molecule has 0 aromatic heterocycles. The summed E-state index contributed by atoms with van der Waals surface area (Å²) in [4.78, 5) is 14.7. The number of halogens is 1. The molecular formula is C18H18ClN3O6S. The molecule has 11 heteroatoms. The normalized spacial score (nSPS) is 15.5. The summed E-state index contributed by atoms with van der Waals surface area (Å²) in [6, 6.07) is 8.73. The summed E-state index contributed by atoms with van der Waals surface area (Å²) in [5, 5.41) is 11.1. The summed E-state index contributed by atoms with van der Waals surface area (Å²) in [5.41, 5.74) is 0.341. The van der Waals surface area contributed by atoms with Gasteiger partial charge in [-0.05, 0) is 23.8 Å². The number of benzene rings is 2. The number of rotatable bonds is 6. The fourth-order valence-corrected chi connectivity index (χ4v) is 4.50. The molecule has 0 unspecified atom stereocenters. The Bertz CT molecular complexity index is 1050. The summed E-state index contributed by atoms with van der Waals surface area (Å²) in [6.07, 6.45) is 1.35. The molecule has 0 N–H and O–H groups in total. The first-order chi connectivity index (χ1) is 13.8. The van der Waals surface area contributed by atoms with Gasteiger partial charge in [0.2, 0.25) is 10.0 Å². The van der Waals surface area contributed by atoms with Crippen LogP contribution in [0.2, 0.25) is 5.02 Å². The summed E-state index contributed by atoms with van der Waals surface area (Å²) in [6.45, 7) is 1.12. The first kappa shape index (κ1) is 21.2. The number of morpholine rings is 1. The van der Waals surface area contributed by atoms with E-state index in [9.17, 15) is 18.5 Å². The molecule has 0 atom stereocenters. The maximum atomic E-state index is 13.1. The van der Waals surface area contributed by atoms with Gasteiger partial charge in [-0.2, -0.15) is 4.31 Å². The zero-order valence-corrected chi connectivity index (χ0v) is 17.0. The second kappa shape index (κ2) is 8.87. The highest BCUT2D eigenvalue weighted by molar-refractivity contribution is 7.89. The largest absolute Gasteiger partial charge is 0.497 e. The highest BCUT2D eigenvalue weighted by Crippen LogP contribution is 2.32. The lowest BCUT2D eigenvalue weighted by Gasteiger charge is -2.26. The standard InChI is InChI=1S/C18H18ClN3O6S/c1-27-14-3-5-16(18(11-14)29(25,26)21-6-8-28-9-7-21)20-12-13-2-4-15(19)17(10-13)22(23)24/h2-5,10-12H,6-9H2,1H3. The van der Waals surface area contributed by atoms with Crippen LogP contribution in [-0.2, 0) is 14.8 Å². The molecule has 9 nitrogen and oxygen atoms in total. The van der Waals surface area contributed by atoms with Gasteiger partial charge >= 0.3 is 0 Å². The van der Waals surface area contributed by atoms with E-state index in [4.69, 9.17) is 21.1 Å². The lowest BCUT2D eigenvalue weighted by molar-refractivity contribution is -0.384. The van der Waals surface area contributed by atoms with Gasteiger partial charge in [-0.25, -0.2) is 8.42 Å². The van der Waals surface area contributed by atoms with E-state index in [2.05, 4.69) is 4.99 Å². The van der Waals surface area contributed by atoms with Crippen molar-refractivity contribution in [1.82, 2.24) is 4.31 Å². The third-order valence-electron chi connectivity index (χ3n) is 4.27. The Labute approximate surface area is 172 Å². The van der Waals surface area contributed by atoms with E-state index in [0.29, 0.717) is 24.5 Å². The van der Waals surface area contributed by atoms with Gasteiger partial charge in [-0.15, -0.1) is 0 Å². The van der Waals surface area contributed by atoms with E-state index in [1.165, 1.54) is 41.9 Å². The number of aliphatic imine (C=N–C) groups is 1. The minimum absolute atomic E-state index is 0.00665. The molecule has 1 fully saturated rings. The molecule has 0 amide bonds. The maximum Gasteiger partial charge on any atom is 0.288 e. The second-order valence-corrected chi connectivity index (χ2v) is 8.39. The van der Waals surface area contributed by atoms with Crippen LogP contribution < -0.4 is 4.74 Å². The Balaban J connectivity index is 2.01. The van der Waals surface area contributed by atoms with Crippen LogP contribution in [0.3, 0.4) is 0 Å². The number of methoxy groups -OCH3 is 1. The number of sulfonamides is 1. The van der Waals surface area contributed by atoms with Gasteiger partial charge in [0.05, 0.1) is 30.9 Å². The minimum Gasteiger partial charge on any atom is -0.497 e. The topological polar surface area (TPSA) is 111 Å². The molecule has 0 radical (unpaired) electrons. The molecule has 3 rings (SSSR count). The Morgan fingerprint density at radius 3 is 2.62 bits per heavy atom. The molecule has 0 aliphatic carbocycles. The van der Waals surface area contributed by atoms with Crippen LogP contribution in [0.5, 0.6) is 5.75 Å². The van der Waals surface area contributed by atoms with Crippen LogP contribution in [0, 0.1) is 10.1 Å². The van der Waals surface area contributed by atoms with E-state index in [1.807, 2.05) is 0 Å². The Morgan fingerprint density at radius 1 is 1.24 bits per heavy atom. The van der Waals surface area contributed by atoms with Gasteiger partial charge < -0.3 is 9.47 Å². The lowest BCUT2D eigenvalue weighted by Crippen LogP contribution is -2.40. The van der Waals surface area contributed by atoms with Crippen LogP contribution >= 0.6 is 11.6 Å². The van der Waals surface area contributed by atoms with E-state index < -0.39 is 14.9 Å². The van der Waals surface area contributed by atoms with Gasteiger partial charge in [-0.1, -0.05) is 17.7 Å². The maximum absolute atomic E-state index is 13.1. The molecule has 2 aromatic carbocycles. The van der Waals surface area contributed by atoms with Gasteiger partial charge in [0.1, 0.15) is 15.7 Å². The fraction of sp³-hybridized carbons (Fsp3) is 0.278.